The highest BCUT2D eigenvalue weighted by Crippen LogP contribution is 2.11. The minimum Gasteiger partial charge on any atom is -0.456 e. The SMILES string of the molecule is C=C(C)c1ccc(C(=O)OCc2ccccc2)nc1. The Labute approximate surface area is 112 Å². The summed E-state index contributed by atoms with van der Waals surface area (Å²) in [6.07, 6.45) is 1.63. The Morgan fingerprint density at radius 2 is 1.95 bits per heavy atom. The smallest absolute Gasteiger partial charge is 0.357 e. The molecule has 0 amide bonds. The Kier molecular flexibility index (Phi) is 4.08. The molecular formula is C16H15NO2. The lowest BCUT2D eigenvalue weighted by molar-refractivity contribution is 0.0466. The second kappa shape index (κ2) is 5.96. The van der Waals surface area contributed by atoms with Crippen molar-refractivity contribution in [2.24, 2.45) is 0 Å². The number of rotatable bonds is 4. The molecule has 0 atom stereocenters. The van der Waals surface area contributed by atoms with Crippen molar-refractivity contribution >= 4 is 11.5 Å². The summed E-state index contributed by atoms with van der Waals surface area (Å²) in [5.41, 5.74) is 3.09. The van der Waals surface area contributed by atoms with Gasteiger partial charge in [-0.25, -0.2) is 9.78 Å². The highest BCUT2D eigenvalue weighted by Gasteiger charge is 2.08. The van der Waals surface area contributed by atoms with Gasteiger partial charge >= 0.3 is 5.97 Å². The van der Waals surface area contributed by atoms with E-state index < -0.39 is 5.97 Å². The van der Waals surface area contributed by atoms with Crippen LogP contribution in [0.5, 0.6) is 0 Å². The van der Waals surface area contributed by atoms with Crippen LogP contribution in [0.25, 0.3) is 5.57 Å². The van der Waals surface area contributed by atoms with E-state index in [9.17, 15) is 4.79 Å². The van der Waals surface area contributed by atoms with E-state index in [-0.39, 0.29) is 6.61 Å². The number of benzene rings is 1. The van der Waals surface area contributed by atoms with E-state index in [0.29, 0.717) is 5.69 Å². The Morgan fingerprint density at radius 3 is 2.53 bits per heavy atom. The number of hydrogen-bond acceptors (Lipinski definition) is 3. The van der Waals surface area contributed by atoms with Crippen LogP contribution in [-0.2, 0) is 11.3 Å². The zero-order chi connectivity index (χ0) is 13.7. The van der Waals surface area contributed by atoms with Gasteiger partial charge in [-0.2, -0.15) is 0 Å². The Hall–Kier alpha value is -2.42. The fourth-order valence-electron chi connectivity index (χ4n) is 1.56. The van der Waals surface area contributed by atoms with Crippen LogP contribution in [0.1, 0.15) is 28.5 Å². The maximum atomic E-state index is 11.8. The third-order valence-corrected chi connectivity index (χ3v) is 2.68. The number of nitrogens with zero attached hydrogens (tertiary/aromatic N) is 1. The van der Waals surface area contributed by atoms with Crippen LogP contribution in [0.3, 0.4) is 0 Å². The molecule has 1 aromatic carbocycles. The maximum absolute atomic E-state index is 11.8. The van der Waals surface area contributed by atoms with Gasteiger partial charge < -0.3 is 4.74 Å². The van der Waals surface area contributed by atoms with Gasteiger partial charge in [-0.15, -0.1) is 0 Å². The quantitative estimate of drug-likeness (QED) is 0.783. The van der Waals surface area contributed by atoms with Gasteiger partial charge in [0.05, 0.1) is 0 Å². The van der Waals surface area contributed by atoms with Gasteiger partial charge in [0.1, 0.15) is 12.3 Å². The first-order valence-corrected chi connectivity index (χ1v) is 6.00. The van der Waals surface area contributed by atoms with Gasteiger partial charge in [0.15, 0.2) is 0 Å². The molecular weight excluding hydrogens is 238 g/mol. The topological polar surface area (TPSA) is 39.2 Å². The molecule has 0 radical (unpaired) electrons. The molecule has 2 aromatic rings. The van der Waals surface area contributed by atoms with Crippen LogP contribution in [0.4, 0.5) is 0 Å². The van der Waals surface area contributed by atoms with Crippen LogP contribution in [0.2, 0.25) is 0 Å². The molecule has 1 heterocycles. The molecule has 3 heteroatoms. The first-order valence-electron chi connectivity index (χ1n) is 6.00. The number of pyridine rings is 1. The third kappa shape index (κ3) is 3.52. The number of ether oxygens (including phenoxy) is 1. The van der Waals surface area contributed by atoms with Crippen LogP contribution >= 0.6 is 0 Å². The van der Waals surface area contributed by atoms with E-state index in [0.717, 1.165) is 16.7 Å². The van der Waals surface area contributed by atoms with Crippen molar-refractivity contribution in [1.82, 2.24) is 4.98 Å². The molecule has 0 fully saturated rings. The lowest BCUT2D eigenvalue weighted by Gasteiger charge is -2.05. The molecule has 19 heavy (non-hydrogen) atoms. The fraction of sp³-hybridized carbons (Fsp3) is 0.125. The van der Waals surface area contributed by atoms with Crippen molar-refractivity contribution in [3.63, 3.8) is 0 Å². The fourth-order valence-corrected chi connectivity index (χ4v) is 1.56. The molecule has 0 aliphatic rings. The molecule has 2 rings (SSSR count). The van der Waals surface area contributed by atoms with Gasteiger partial charge in [0, 0.05) is 6.20 Å². The van der Waals surface area contributed by atoms with Crippen molar-refractivity contribution in [2.75, 3.05) is 0 Å². The molecule has 0 aliphatic heterocycles. The predicted octanol–water partition coefficient (Wildman–Crippen LogP) is 3.47. The molecule has 0 N–H and O–H groups in total. The van der Waals surface area contributed by atoms with Gasteiger partial charge in [-0.05, 0) is 29.7 Å². The van der Waals surface area contributed by atoms with Crippen LogP contribution in [-0.4, -0.2) is 11.0 Å². The largest absolute Gasteiger partial charge is 0.456 e. The van der Waals surface area contributed by atoms with Crippen molar-refractivity contribution in [3.8, 4) is 0 Å². The van der Waals surface area contributed by atoms with E-state index in [1.807, 2.05) is 43.3 Å². The molecule has 96 valence electrons. The molecule has 0 unspecified atom stereocenters. The van der Waals surface area contributed by atoms with Gasteiger partial charge in [-0.1, -0.05) is 43.0 Å². The first-order chi connectivity index (χ1) is 9.16. The summed E-state index contributed by atoms with van der Waals surface area (Å²) < 4.78 is 5.19. The van der Waals surface area contributed by atoms with Gasteiger partial charge in [-0.3, -0.25) is 0 Å². The monoisotopic (exact) mass is 253 g/mol. The maximum Gasteiger partial charge on any atom is 0.357 e. The average molecular weight is 253 g/mol. The molecule has 0 aliphatic carbocycles. The molecule has 3 nitrogen and oxygen atoms in total. The van der Waals surface area contributed by atoms with E-state index in [2.05, 4.69) is 11.6 Å². The summed E-state index contributed by atoms with van der Waals surface area (Å²) in [5.74, 6) is -0.419. The van der Waals surface area contributed by atoms with Crippen molar-refractivity contribution < 1.29 is 9.53 Å². The molecule has 0 saturated heterocycles. The zero-order valence-electron chi connectivity index (χ0n) is 10.8. The summed E-state index contributed by atoms with van der Waals surface area (Å²) in [4.78, 5) is 15.9. The lowest BCUT2D eigenvalue weighted by atomic mass is 10.1. The van der Waals surface area contributed by atoms with Crippen LogP contribution < -0.4 is 0 Å². The summed E-state index contributed by atoms with van der Waals surface area (Å²) in [5, 5.41) is 0. The van der Waals surface area contributed by atoms with Gasteiger partial charge in [0.2, 0.25) is 0 Å². The van der Waals surface area contributed by atoms with Gasteiger partial charge in [0.25, 0.3) is 0 Å². The molecule has 0 spiro atoms. The van der Waals surface area contributed by atoms with Crippen LogP contribution in [0, 0.1) is 0 Å². The minimum absolute atomic E-state index is 0.254. The zero-order valence-corrected chi connectivity index (χ0v) is 10.8. The molecule has 0 bridgehead atoms. The summed E-state index contributed by atoms with van der Waals surface area (Å²) in [7, 11) is 0. The van der Waals surface area contributed by atoms with Crippen molar-refractivity contribution in [2.45, 2.75) is 13.5 Å². The molecule has 1 aromatic heterocycles. The highest BCUT2D eigenvalue weighted by atomic mass is 16.5. The Balaban J connectivity index is 1.98. The average Bonchev–Trinajstić information content (AvgIpc) is 2.46. The lowest BCUT2D eigenvalue weighted by Crippen LogP contribution is -2.07. The minimum atomic E-state index is -0.419. The Morgan fingerprint density at radius 1 is 1.21 bits per heavy atom. The highest BCUT2D eigenvalue weighted by molar-refractivity contribution is 5.87. The van der Waals surface area contributed by atoms with Crippen molar-refractivity contribution in [3.05, 3.63) is 72.1 Å². The summed E-state index contributed by atoms with van der Waals surface area (Å²) >= 11 is 0. The standard InChI is InChI=1S/C16H15NO2/c1-12(2)14-8-9-15(17-10-14)16(18)19-11-13-6-4-3-5-7-13/h3-10H,1,11H2,2H3. The summed E-state index contributed by atoms with van der Waals surface area (Å²) in [6.45, 7) is 5.97. The first kappa shape index (κ1) is 13.0. The summed E-state index contributed by atoms with van der Waals surface area (Å²) in [6, 6.07) is 13.0. The van der Waals surface area contributed by atoms with E-state index in [1.54, 1.807) is 12.3 Å². The molecule has 0 saturated carbocycles. The third-order valence-electron chi connectivity index (χ3n) is 2.68. The van der Waals surface area contributed by atoms with E-state index >= 15 is 0 Å². The van der Waals surface area contributed by atoms with Crippen molar-refractivity contribution in [1.29, 1.82) is 0 Å². The number of esters is 1. The van der Waals surface area contributed by atoms with E-state index in [4.69, 9.17) is 4.74 Å². The second-order valence-electron chi connectivity index (χ2n) is 4.27. The number of carbonyl (C=O) groups excluding carboxylic acids is 1. The Bertz CT molecular complexity index is 573. The van der Waals surface area contributed by atoms with Crippen LogP contribution in [0.15, 0.2) is 55.2 Å². The number of allylic oxidation sites excluding steroid dienone is 1. The predicted molar refractivity (Wildman–Crippen MR) is 74.5 cm³/mol. The number of carbonyl (C=O) groups is 1. The second-order valence-corrected chi connectivity index (χ2v) is 4.27. The van der Waals surface area contributed by atoms with E-state index in [1.165, 1.54) is 0 Å². The number of aromatic nitrogens is 1. The normalized spacial score (nSPS) is 9.95. The number of hydrogen-bond donors (Lipinski definition) is 0.